The Morgan fingerprint density at radius 1 is 1.19 bits per heavy atom. The van der Waals surface area contributed by atoms with Crippen molar-refractivity contribution in [2.75, 3.05) is 11.5 Å². The van der Waals surface area contributed by atoms with Gasteiger partial charge in [0, 0.05) is 9.13 Å². The molecule has 0 aliphatic carbocycles. The first kappa shape index (κ1) is 14.2. The molecule has 3 rings (SSSR count). The third-order valence-corrected chi connectivity index (χ3v) is 3.91. The van der Waals surface area contributed by atoms with Crippen molar-refractivity contribution in [2.45, 2.75) is 6.54 Å². The summed E-state index contributed by atoms with van der Waals surface area (Å²) in [5.74, 6) is -1.12. The summed E-state index contributed by atoms with van der Waals surface area (Å²) in [4.78, 5) is 13.4. The summed E-state index contributed by atoms with van der Waals surface area (Å²) in [5.41, 5.74) is 0.401. The van der Waals surface area contributed by atoms with E-state index in [1.165, 1.54) is 23.1 Å². The Morgan fingerprint density at radius 2 is 1.90 bits per heavy atom. The fraction of sp³-hybridized carbons (Fsp3) is 0.133. The molecule has 1 heterocycles. The molecular formula is C15H10F2INO2. The second-order valence-electron chi connectivity index (χ2n) is 4.58. The molecule has 21 heavy (non-hydrogen) atoms. The van der Waals surface area contributed by atoms with Crippen molar-refractivity contribution in [3.63, 3.8) is 0 Å². The molecule has 0 atom stereocenters. The Morgan fingerprint density at radius 3 is 2.62 bits per heavy atom. The molecule has 6 heteroatoms. The molecule has 0 radical (unpaired) electrons. The summed E-state index contributed by atoms with van der Waals surface area (Å²) in [6.07, 6.45) is 0. The largest absolute Gasteiger partial charge is 0.482 e. The van der Waals surface area contributed by atoms with Crippen LogP contribution < -0.4 is 9.64 Å². The van der Waals surface area contributed by atoms with E-state index in [4.69, 9.17) is 4.74 Å². The lowest BCUT2D eigenvalue weighted by Gasteiger charge is -2.29. The van der Waals surface area contributed by atoms with Crippen molar-refractivity contribution in [1.29, 1.82) is 0 Å². The Labute approximate surface area is 133 Å². The molecule has 1 aliphatic rings. The highest BCUT2D eigenvalue weighted by Crippen LogP contribution is 2.34. The highest BCUT2D eigenvalue weighted by molar-refractivity contribution is 14.1. The molecule has 3 nitrogen and oxygen atoms in total. The van der Waals surface area contributed by atoms with E-state index in [0.29, 0.717) is 11.4 Å². The van der Waals surface area contributed by atoms with Crippen LogP contribution in [0.2, 0.25) is 0 Å². The average Bonchev–Trinajstić information content (AvgIpc) is 2.45. The molecule has 0 saturated heterocycles. The van der Waals surface area contributed by atoms with E-state index in [2.05, 4.69) is 22.6 Å². The molecule has 0 bridgehead atoms. The lowest BCUT2D eigenvalue weighted by molar-refractivity contribution is -0.121. The molecule has 108 valence electrons. The first-order valence-electron chi connectivity index (χ1n) is 6.22. The molecule has 1 aliphatic heterocycles. The first-order chi connectivity index (χ1) is 10.1. The van der Waals surface area contributed by atoms with Gasteiger partial charge in [0.1, 0.15) is 17.4 Å². The van der Waals surface area contributed by atoms with Crippen molar-refractivity contribution in [2.24, 2.45) is 0 Å². The van der Waals surface area contributed by atoms with Crippen LogP contribution in [-0.4, -0.2) is 12.5 Å². The molecule has 0 saturated carbocycles. The quantitative estimate of drug-likeness (QED) is 0.722. The van der Waals surface area contributed by atoms with Gasteiger partial charge in [0.15, 0.2) is 6.61 Å². The number of carbonyl (C=O) groups excluding carboxylic acids is 1. The van der Waals surface area contributed by atoms with E-state index >= 15 is 0 Å². The van der Waals surface area contributed by atoms with Gasteiger partial charge in [-0.25, -0.2) is 8.78 Å². The van der Waals surface area contributed by atoms with E-state index in [1.54, 1.807) is 12.1 Å². The van der Waals surface area contributed by atoms with Crippen LogP contribution in [0.5, 0.6) is 5.75 Å². The number of amides is 1. The highest BCUT2D eigenvalue weighted by Gasteiger charge is 2.27. The lowest BCUT2D eigenvalue weighted by atomic mass is 10.1. The Hall–Kier alpha value is -1.70. The topological polar surface area (TPSA) is 29.5 Å². The summed E-state index contributed by atoms with van der Waals surface area (Å²) in [6.45, 7) is -0.294. The van der Waals surface area contributed by atoms with Crippen molar-refractivity contribution in [3.8, 4) is 5.75 Å². The third-order valence-electron chi connectivity index (χ3n) is 3.24. The van der Waals surface area contributed by atoms with E-state index in [1.807, 2.05) is 6.07 Å². The maximum Gasteiger partial charge on any atom is 0.265 e. The summed E-state index contributed by atoms with van der Waals surface area (Å²) in [7, 11) is 0. The Bertz CT molecular complexity index is 701. The van der Waals surface area contributed by atoms with E-state index in [9.17, 15) is 13.6 Å². The van der Waals surface area contributed by atoms with Gasteiger partial charge in [-0.2, -0.15) is 0 Å². The third kappa shape index (κ3) is 2.72. The number of anilines is 1. The first-order valence-corrected chi connectivity index (χ1v) is 7.30. The summed E-state index contributed by atoms with van der Waals surface area (Å²) >= 11 is 2.11. The maximum atomic E-state index is 13.8. The zero-order valence-corrected chi connectivity index (χ0v) is 12.9. The molecule has 0 unspecified atom stereocenters. The minimum absolute atomic E-state index is 0.127. The molecule has 2 aromatic carbocycles. The number of ether oxygens (including phenoxy) is 1. The fourth-order valence-electron chi connectivity index (χ4n) is 2.19. The second-order valence-corrected chi connectivity index (χ2v) is 5.83. The van der Waals surface area contributed by atoms with Crippen molar-refractivity contribution >= 4 is 34.2 Å². The number of rotatable bonds is 2. The SMILES string of the molecule is O=C1COc2ccc(I)cc2N1Cc1c(F)cccc1F. The number of nitrogens with zero attached hydrogens (tertiary/aromatic N) is 1. The summed E-state index contributed by atoms with van der Waals surface area (Å²) < 4.78 is 33.8. The van der Waals surface area contributed by atoms with Gasteiger partial charge in [-0.15, -0.1) is 0 Å². The minimum Gasteiger partial charge on any atom is -0.482 e. The van der Waals surface area contributed by atoms with Crippen LogP contribution in [0.15, 0.2) is 36.4 Å². The van der Waals surface area contributed by atoms with Gasteiger partial charge >= 0.3 is 0 Å². The standard InChI is InChI=1S/C15H10F2INO2/c16-11-2-1-3-12(17)10(11)7-19-13-6-9(18)4-5-14(13)21-8-15(19)20/h1-6H,7-8H2. The number of benzene rings is 2. The molecule has 0 fully saturated rings. The molecule has 0 N–H and O–H groups in total. The number of hydrogen-bond donors (Lipinski definition) is 0. The molecule has 1 amide bonds. The van der Waals surface area contributed by atoms with Gasteiger partial charge in [-0.1, -0.05) is 6.07 Å². The van der Waals surface area contributed by atoms with Crippen LogP contribution >= 0.6 is 22.6 Å². The van der Waals surface area contributed by atoms with Crippen LogP contribution in [0.25, 0.3) is 0 Å². The zero-order valence-electron chi connectivity index (χ0n) is 10.8. The van der Waals surface area contributed by atoms with Crippen LogP contribution in [0.1, 0.15) is 5.56 Å². The van der Waals surface area contributed by atoms with Crippen LogP contribution in [0, 0.1) is 15.2 Å². The van der Waals surface area contributed by atoms with Crippen molar-refractivity contribution < 1.29 is 18.3 Å². The summed E-state index contributed by atoms with van der Waals surface area (Å²) in [5, 5.41) is 0. The molecule has 0 aromatic heterocycles. The highest BCUT2D eigenvalue weighted by atomic mass is 127. The van der Waals surface area contributed by atoms with Gasteiger partial charge in [0.25, 0.3) is 5.91 Å². The molecule has 2 aromatic rings. The van der Waals surface area contributed by atoms with Crippen molar-refractivity contribution in [1.82, 2.24) is 0 Å². The maximum absolute atomic E-state index is 13.8. The van der Waals surface area contributed by atoms with Gasteiger partial charge in [0.2, 0.25) is 0 Å². The monoisotopic (exact) mass is 401 g/mol. The summed E-state index contributed by atoms with van der Waals surface area (Å²) in [6, 6.07) is 9.00. The number of halogens is 3. The van der Waals surface area contributed by atoms with Gasteiger partial charge < -0.3 is 9.64 Å². The van der Waals surface area contributed by atoms with Gasteiger partial charge in [-0.3, -0.25) is 4.79 Å². The fourth-order valence-corrected chi connectivity index (χ4v) is 2.66. The minimum atomic E-state index is -0.665. The lowest BCUT2D eigenvalue weighted by Crippen LogP contribution is -2.38. The number of hydrogen-bond acceptors (Lipinski definition) is 2. The van der Waals surface area contributed by atoms with Crippen LogP contribution in [0.4, 0.5) is 14.5 Å². The average molecular weight is 401 g/mol. The normalized spacial score (nSPS) is 13.9. The molecular weight excluding hydrogens is 391 g/mol. The van der Waals surface area contributed by atoms with E-state index in [-0.39, 0.29) is 24.6 Å². The van der Waals surface area contributed by atoms with E-state index < -0.39 is 11.6 Å². The van der Waals surface area contributed by atoms with Crippen LogP contribution in [-0.2, 0) is 11.3 Å². The number of carbonyl (C=O) groups is 1. The predicted molar refractivity (Wildman–Crippen MR) is 82.2 cm³/mol. The Balaban J connectivity index is 2.03. The van der Waals surface area contributed by atoms with Crippen molar-refractivity contribution in [3.05, 3.63) is 57.2 Å². The second kappa shape index (κ2) is 5.59. The smallest absolute Gasteiger partial charge is 0.265 e. The van der Waals surface area contributed by atoms with Crippen LogP contribution in [0.3, 0.4) is 0 Å². The van der Waals surface area contributed by atoms with Gasteiger partial charge in [0.05, 0.1) is 12.2 Å². The van der Waals surface area contributed by atoms with E-state index in [0.717, 1.165) is 3.57 Å². The predicted octanol–water partition coefficient (Wildman–Crippen LogP) is 3.50. The zero-order chi connectivity index (χ0) is 15.0. The van der Waals surface area contributed by atoms with Gasteiger partial charge in [-0.05, 0) is 52.9 Å². The number of fused-ring (bicyclic) bond motifs is 1. The Kier molecular flexibility index (Phi) is 3.79. The molecule has 0 spiro atoms.